The highest BCUT2D eigenvalue weighted by molar-refractivity contribution is 5.41. The van der Waals surface area contributed by atoms with Crippen molar-refractivity contribution in [2.75, 3.05) is 6.54 Å². The van der Waals surface area contributed by atoms with Crippen LogP contribution in [0, 0.1) is 26.7 Å². The van der Waals surface area contributed by atoms with Gasteiger partial charge in [0.2, 0.25) is 0 Å². The number of hydrogen-bond donors (Lipinski definition) is 1. The Bertz CT molecular complexity index is 431. The standard InChI is InChI=1S/C16H23N/c1-10-6-12(3)15(7-11(10)2)16-8-13(16)9-17-14-4-5-14/h6-7,13-14,16-17H,4-5,8-9H2,1-3H3. The third-order valence-corrected chi connectivity index (χ3v) is 4.45. The zero-order chi connectivity index (χ0) is 12.0. The summed E-state index contributed by atoms with van der Waals surface area (Å²) in [6.07, 6.45) is 4.20. The molecule has 1 nitrogen and oxygen atoms in total. The van der Waals surface area contributed by atoms with Gasteiger partial charge in [0.25, 0.3) is 0 Å². The molecule has 92 valence electrons. The van der Waals surface area contributed by atoms with Gasteiger partial charge in [-0.2, -0.15) is 0 Å². The van der Waals surface area contributed by atoms with Crippen LogP contribution in [0.25, 0.3) is 0 Å². The summed E-state index contributed by atoms with van der Waals surface area (Å²) in [6.45, 7) is 7.95. The van der Waals surface area contributed by atoms with Gasteiger partial charge >= 0.3 is 0 Å². The lowest BCUT2D eigenvalue weighted by Gasteiger charge is -2.10. The quantitative estimate of drug-likeness (QED) is 0.833. The molecule has 0 aromatic heterocycles. The predicted octanol–water partition coefficient (Wildman–Crippen LogP) is 3.47. The van der Waals surface area contributed by atoms with Crippen molar-refractivity contribution in [1.82, 2.24) is 5.32 Å². The van der Waals surface area contributed by atoms with E-state index in [1.807, 2.05) is 0 Å². The molecule has 3 rings (SSSR count). The molecule has 17 heavy (non-hydrogen) atoms. The van der Waals surface area contributed by atoms with Gasteiger partial charge in [0.1, 0.15) is 0 Å². The van der Waals surface area contributed by atoms with Gasteiger partial charge in [-0.05, 0) is 80.7 Å². The highest BCUT2D eigenvalue weighted by Gasteiger charge is 2.39. The Morgan fingerprint density at radius 3 is 2.47 bits per heavy atom. The smallest absolute Gasteiger partial charge is 0.00683 e. The summed E-state index contributed by atoms with van der Waals surface area (Å²) in [5.41, 5.74) is 5.98. The summed E-state index contributed by atoms with van der Waals surface area (Å²) in [5.74, 6) is 1.73. The minimum absolute atomic E-state index is 0.834. The molecule has 2 aliphatic carbocycles. The first kappa shape index (κ1) is 11.3. The monoisotopic (exact) mass is 229 g/mol. The van der Waals surface area contributed by atoms with Crippen LogP contribution in [0.4, 0.5) is 0 Å². The minimum Gasteiger partial charge on any atom is -0.314 e. The average molecular weight is 229 g/mol. The second-order valence-electron chi connectivity index (χ2n) is 6.08. The normalized spacial score (nSPS) is 27.2. The van der Waals surface area contributed by atoms with Gasteiger partial charge in [-0.3, -0.25) is 0 Å². The van der Waals surface area contributed by atoms with E-state index >= 15 is 0 Å². The Labute approximate surface area is 105 Å². The topological polar surface area (TPSA) is 12.0 Å². The molecule has 2 saturated carbocycles. The molecule has 0 radical (unpaired) electrons. The molecule has 1 N–H and O–H groups in total. The van der Waals surface area contributed by atoms with E-state index in [0.717, 1.165) is 17.9 Å². The zero-order valence-electron chi connectivity index (χ0n) is 11.2. The third kappa shape index (κ3) is 2.40. The fraction of sp³-hybridized carbons (Fsp3) is 0.625. The number of benzene rings is 1. The van der Waals surface area contributed by atoms with Gasteiger partial charge in [0.05, 0.1) is 0 Å². The van der Waals surface area contributed by atoms with Gasteiger partial charge in [-0.25, -0.2) is 0 Å². The molecule has 2 unspecified atom stereocenters. The van der Waals surface area contributed by atoms with Gasteiger partial charge in [0, 0.05) is 6.04 Å². The van der Waals surface area contributed by atoms with Crippen molar-refractivity contribution in [2.45, 2.75) is 52.0 Å². The van der Waals surface area contributed by atoms with Crippen LogP contribution < -0.4 is 5.32 Å². The molecule has 0 bridgehead atoms. The number of nitrogens with one attached hydrogen (secondary N) is 1. The minimum atomic E-state index is 0.834. The predicted molar refractivity (Wildman–Crippen MR) is 72.5 cm³/mol. The van der Waals surface area contributed by atoms with E-state index in [-0.39, 0.29) is 0 Å². The summed E-state index contributed by atoms with van der Waals surface area (Å²) in [4.78, 5) is 0. The molecule has 0 aliphatic heterocycles. The fourth-order valence-electron chi connectivity index (χ4n) is 2.84. The van der Waals surface area contributed by atoms with Crippen LogP contribution in [0.1, 0.15) is 47.4 Å². The second-order valence-corrected chi connectivity index (χ2v) is 6.08. The Balaban J connectivity index is 1.66. The molecular weight excluding hydrogens is 206 g/mol. The molecule has 2 fully saturated rings. The van der Waals surface area contributed by atoms with Crippen molar-refractivity contribution < 1.29 is 0 Å². The Kier molecular flexibility index (Phi) is 2.74. The lowest BCUT2D eigenvalue weighted by molar-refractivity contribution is 0.623. The van der Waals surface area contributed by atoms with Crippen molar-refractivity contribution in [1.29, 1.82) is 0 Å². The van der Waals surface area contributed by atoms with E-state index in [1.165, 1.54) is 42.5 Å². The van der Waals surface area contributed by atoms with Crippen LogP contribution in [0.15, 0.2) is 12.1 Å². The maximum Gasteiger partial charge on any atom is 0.00683 e. The number of hydrogen-bond acceptors (Lipinski definition) is 1. The first-order valence-corrected chi connectivity index (χ1v) is 6.96. The Morgan fingerprint density at radius 1 is 1.06 bits per heavy atom. The largest absolute Gasteiger partial charge is 0.314 e. The van der Waals surface area contributed by atoms with E-state index in [4.69, 9.17) is 0 Å². The van der Waals surface area contributed by atoms with Crippen LogP contribution in [0.5, 0.6) is 0 Å². The molecule has 2 aliphatic rings. The SMILES string of the molecule is Cc1cc(C)c(C2CC2CNC2CC2)cc1C. The van der Waals surface area contributed by atoms with E-state index in [9.17, 15) is 0 Å². The fourth-order valence-corrected chi connectivity index (χ4v) is 2.84. The molecule has 0 amide bonds. The van der Waals surface area contributed by atoms with Gasteiger partial charge in [0.15, 0.2) is 0 Å². The summed E-state index contributed by atoms with van der Waals surface area (Å²) < 4.78 is 0. The summed E-state index contributed by atoms with van der Waals surface area (Å²) in [6, 6.07) is 5.64. The first-order valence-electron chi connectivity index (χ1n) is 6.96. The van der Waals surface area contributed by atoms with Crippen molar-refractivity contribution >= 4 is 0 Å². The van der Waals surface area contributed by atoms with Crippen LogP contribution >= 0.6 is 0 Å². The summed E-state index contributed by atoms with van der Waals surface area (Å²) in [5, 5.41) is 3.66. The van der Waals surface area contributed by atoms with Crippen molar-refractivity contribution in [3.8, 4) is 0 Å². The summed E-state index contributed by atoms with van der Waals surface area (Å²) in [7, 11) is 0. The van der Waals surface area contributed by atoms with Crippen LogP contribution in [-0.4, -0.2) is 12.6 Å². The molecule has 1 aromatic rings. The van der Waals surface area contributed by atoms with Crippen molar-refractivity contribution in [2.24, 2.45) is 5.92 Å². The van der Waals surface area contributed by atoms with Crippen molar-refractivity contribution in [3.63, 3.8) is 0 Å². The Hall–Kier alpha value is -0.820. The second kappa shape index (κ2) is 4.13. The van der Waals surface area contributed by atoms with Gasteiger partial charge in [-0.15, -0.1) is 0 Å². The van der Waals surface area contributed by atoms with E-state index < -0.39 is 0 Å². The number of aryl methyl sites for hydroxylation is 3. The molecule has 2 atom stereocenters. The lowest BCUT2D eigenvalue weighted by Crippen LogP contribution is -2.19. The maximum atomic E-state index is 3.66. The molecule has 0 saturated heterocycles. The molecule has 1 aromatic carbocycles. The van der Waals surface area contributed by atoms with E-state index in [1.54, 1.807) is 5.56 Å². The lowest BCUT2D eigenvalue weighted by atomic mass is 9.97. The number of rotatable bonds is 4. The third-order valence-electron chi connectivity index (χ3n) is 4.45. The molecule has 0 heterocycles. The average Bonchev–Trinajstić information content (AvgIpc) is 3.13. The van der Waals surface area contributed by atoms with Crippen LogP contribution in [0.2, 0.25) is 0 Å². The van der Waals surface area contributed by atoms with E-state index in [0.29, 0.717) is 0 Å². The highest BCUT2D eigenvalue weighted by atomic mass is 15.0. The van der Waals surface area contributed by atoms with Gasteiger partial charge in [-0.1, -0.05) is 12.1 Å². The molecule has 0 spiro atoms. The molecular formula is C16H23N. The van der Waals surface area contributed by atoms with Crippen molar-refractivity contribution in [3.05, 3.63) is 34.4 Å². The first-order chi connectivity index (χ1) is 8.15. The highest BCUT2D eigenvalue weighted by Crippen LogP contribution is 2.48. The Morgan fingerprint density at radius 2 is 1.76 bits per heavy atom. The molecule has 1 heteroatoms. The van der Waals surface area contributed by atoms with Crippen LogP contribution in [0.3, 0.4) is 0 Å². The maximum absolute atomic E-state index is 3.66. The zero-order valence-corrected chi connectivity index (χ0v) is 11.2. The van der Waals surface area contributed by atoms with Crippen LogP contribution in [-0.2, 0) is 0 Å². The van der Waals surface area contributed by atoms with E-state index in [2.05, 4.69) is 38.2 Å². The summed E-state index contributed by atoms with van der Waals surface area (Å²) >= 11 is 0. The van der Waals surface area contributed by atoms with Gasteiger partial charge < -0.3 is 5.32 Å².